The molecule has 1 aromatic carbocycles. The second-order valence-electron chi connectivity index (χ2n) is 4.71. The van der Waals surface area contributed by atoms with E-state index in [4.69, 9.17) is 4.74 Å². The Bertz CT molecular complexity index is 515. The zero-order chi connectivity index (χ0) is 14.0. The molecule has 2 rings (SSSR count). The number of benzene rings is 1. The molecule has 4 nitrogen and oxygen atoms in total. The van der Waals surface area contributed by atoms with Crippen LogP contribution in [0.2, 0.25) is 0 Å². The molecule has 1 fully saturated rings. The van der Waals surface area contributed by atoms with Gasteiger partial charge in [0.05, 0.1) is 12.7 Å². The lowest BCUT2D eigenvalue weighted by Gasteiger charge is -2.30. The first-order chi connectivity index (χ1) is 9.02. The molecular weight excluding hydrogens is 310 g/mol. The largest absolute Gasteiger partial charge is 0.496 e. The van der Waals surface area contributed by atoms with Crippen LogP contribution < -0.4 is 4.74 Å². The zero-order valence-corrected chi connectivity index (χ0v) is 12.6. The van der Waals surface area contributed by atoms with E-state index in [9.17, 15) is 9.59 Å². The van der Waals surface area contributed by atoms with Gasteiger partial charge >= 0.3 is 0 Å². The lowest BCUT2D eigenvalue weighted by atomic mass is 9.98. The van der Waals surface area contributed by atoms with E-state index in [-0.39, 0.29) is 17.6 Å². The molecule has 0 aliphatic carbocycles. The number of amides is 1. The molecule has 102 valence electrons. The molecule has 0 N–H and O–H groups in total. The molecule has 1 aliphatic heterocycles. The minimum Gasteiger partial charge on any atom is -0.496 e. The van der Waals surface area contributed by atoms with Gasteiger partial charge in [-0.2, -0.15) is 0 Å². The average molecular weight is 326 g/mol. The Morgan fingerprint density at radius 1 is 1.47 bits per heavy atom. The van der Waals surface area contributed by atoms with Crippen molar-refractivity contribution in [2.75, 3.05) is 20.2 Å². The number of hydrogen-bond donors (Lipinski definition) is 0. The molecule has 1 unspecified atom stereocenters. The number of nitrogens with zero attached hydrogens (tertiary/aromatic N) is 1. The van der Waals surface area contributed by atoms with Crippen LogP contribution in [0.1, 0.15) is 23.7 Å². The number of likely N-dealkylation sites (tertiary alicyclic amines) is 1. The molecule has 0 radical (unpaired) electrons. The van der Waals surface area contributed by atoms with Gasteiger partial charge in [-0.1, -0.05) is 22.9 Å². The summed E-state index contributed by atoms with van der Waals surface area (Å²) in [6, 6.07) is 5.33. The van der Waals surface area contributed by atoms with Crippen LogP contribution in [0.15, 0.2) is 22.7 Å². The summed E-state index contributed by atoms with van der Waals surface area (Å²) in [5, 5.41) is 0. The van der Waals surface area contributed by atoms with Crippen molar-refractivity contribution in [3.63, 3.8) is 0 Å². The minimum atomic E-state index is -0.0841. The maximum Gasteiger partial charge on any atom is 0.257 e. The third kappa shape index (κ3) is 2.97. The fraction of sp³-hybridized carbons (Fsp3) is 0.429. The summed E-state index contributed by atoms with van der Waals surface area (Å²) in [4.78, 5) is 25.7. The number of Topliss-reactive ketones (excluding diaryl/α,β-unsaturated/α-hetero) is 1. The molecule has 1 saturated heterocycles. The van der Waals surface area contributed by atoms with Crippen LogP contribution in [0.25, 0.3) is 0 Å². The van der Waals surface area contributed by atoms with Crippen LogP contribution in [0.3, 0.4) is 0 Å². The van der Waals surface area contributed by atoms with Crippen molar-refractivity contribution >= 4 is 27.6 Å². The Morgan fingerprint density at radius 3 is 2.84 bits per heavy atom. The number of methoxy groups -OCH3 is 1. The van der Waals surface area contributed by atoms with Gasteiger partial charge in [-0.25, -0.2) is 0 Å². The summed E-state index contributed by atoms with van der Waals surface area (Å²) >= 11 is 3.35. The smallest absolute Gasteiger partial charge is 0.257 e. The minimum absolute atomic E-state index is 0.0799. The second kappa shape index (κ2) is 5.74. The molecule has 1 amide bonds. The van der Waals surface area contributed by atoms with E-state index in [0.717, 1.165) is 4.47 Å². The number of hydrogen-bond acceptors (Lipinski definition) is 3. The van der Waals surface area contributed by atoms with Gasteiger partial charge in [0.1, 0.15) is 11.5 Å². The quantitative estimate of drug-likeness (QED) is 0.839. The molecule has 0 bridgehead atoms. The van der Waals surface area contributed by atoms with Gasteiger partial charge in [-0.15, -0.1) is 0 Å². The summed E-state index contributed by atoms with van der Waals surface area (Å²) in [6.45, 7) is 2.83. The summed E-state index contributed by atoms with van der Waals surface area (Å²) in [5.41, 5.74) is 0.534. The third-order valence-corrected chi connectivity index (χ3v) is 3.85. The van der Waals surface area contributed by atoms with E-state index in [2.05, 4.69) is 15.9 Å². The summed E-state index contributed by atoms with van der Waals surface area (Å²) < 4.78 is 6.11. The maximum absolute atomic E-state index is 12.5. The normalized spacial score (nSPS) is 19.4. The van der Waals surface area contributed by atoms with Gasteiger partial charge < -0.3 is 9.64 Å². The highest BCUT2D eigenvalue weighted by molar-refractivity contribution is 9.10. The number of ether oxygens (including phenoxy) is 1. The van der Waals surface area contributed by atoms with E-state index >= 15 is 0 Å². The zero-order valence-electron chi connectivity index (χ0n) is 11.0. The van der Waals surface area contributed by atoms with E-state index < -0.39 is 0 Å². The second-order valence-corrected chi connectivity index (χ2v) is 5.63. The highest BCUT2D eigenvalue weighted by Gasteiger charge is 2.28. The Hall–Kier alpha value is -1.36. The van der Waals surface area contributed by atoms with Crippen LogP contribution in [0.5, 0.6) is 5.75 Å². The van der Waals surface area contributed by atoms with Crippen LogP contribution >= 0.6 is 15.9 Å². The highest BCUT2D eigenvalue weighted by atomic mass is 79.9. The third-order valence-electron chi connectivity index (χ3n) is 3.35. The van der Waals surface area contributed by atoms with Crippen LogP contribution in [-0.2, 0) is 4.79 Å². The molecule has 5 heteroatoms. The molecule has 0 aromatic heterocycles. The number of carbonyl (C=O) groups excluding carboxylic acids is 2. The van der Waals surface area contributed by atoms with Gasteiger partial charge in [0.25, 0.3) is 5.91 Å². The van der Waals surface area contributed by atoms with Crippen LogP contribution in [-0.4, -0.2) is 36.8 Å². The van der Waals surface area contributed by atoms with Gasteiger partial charge in [0.15, 0.2) is 0 Å². The monoisotopic (exact) mass is 325 g/mol. The summed E-state index contributed by atoms with van der Waals surface area (Å²) in [5.74, 6) is 0.610. The average Bonchev–Trinajstić information content (AvgIpc) is 2.41. The number of halogens is 1. The van der Waals surface area contributed by atoms with E-state index in [1.54, 1.807) is 24.1 Å². The van der Waals surface area contributed by atoms with E-state index in [1.165, 1.54) is 0 Å². The molecule has 0 spiro atoms. The van der Waals surface area contributed by atoms with Crippen molar-refractivity contribution in [3.05, 3.63) is 28.2 Å². The fourth-order valence-electron chi connectivity index (χ4n) is 2.21. The lowest BCUT2D eigenvalue weighted by molar-refractivity contribution is -0.124. The van der Waals surface area contributed by atoms with Crippen molar-refractivity contribution in [1.29, 1.82) is 0 Å². The Kier molecular flexibility index (Phi) is 4.24. The van der Waals surface area contributed by atoms with Crippen LogP contribution in [0.4, 0.5) is 0 Å². The first-order valence-corrected chi connectivity index (χ1v) is 6.97. The van der Waals surface area contributed by atoms with Crippen molar-refractivity contribution in [3.8, 4) is 5.75 Å². The molecule has 1 aliphatic rings. The predicted octanol–water partition coefficient (Wildman–Crippen LogP) is 2.51. The Balaban J connectivity index is 2.22. The molecule has 0 saturated carbocycles. The molecule has 1 heterocycles. The molecule has 1 atom stereocenters. The number of ketones is 1. The molecular formula is C14H16BrNO3. The van der Waals surface area contributed by atoms with E-state index in [1.807, 2.05) is 13.0 Å². The number of rotatable bonds is 2. The summed E-state index contributed by atoms with van der Waals surface area (Å²) in [6.07, 6.45) is 0.436. The van der Waals surface area contributed by atoms with Crippen molar-refractivity contribution < 1.29 is 14.3 Å². The van der Waals surface area contributed by atoms with Gasteiger partial charge in [0.2, 0.25) is 0 Å². The maximum atomic E-state index is 12.5. The van der Waals surface area contributed by atoms with E-state index in [0.29, 0.717) is 30.8 Å². The Labute approximate surface area is 120 Å². The van der Waals surface area contributed by atoms with Gasteiger partial charge in [-0.3, -0.25) is 9.59 Å². The first kappa shape index (κ1) is 14.1. The van der Waals surface area contributed by atoms with Crippen molar-refractivity contribution in [2.45, 2.75) is 13.3 Å². The fourth-order valence-corrected chi connectivity index (χ4v) is 2.55. The topological polar surface area (TPSA) is 46.6 Å². The number of carbonyl (C=O) groups is 2. The lowest BCUT2D eigenvalue weighted by Crippen LogP contribution is -2.43. The van der Waals surface area contributed by atoms with Crippen molar-refractivity contribution in [2.24, 2.45) is 5.92 Å². The van der Waals surface area contributed by atoms with Gasteiger partial charge in [0, 0.05) is 29.9 Å². The van der Waals surface area contributed by atoms with Crippen molar-refractivity contribution in [1.82, 2.24) is 4.90 Å². The first-order valence-electron chi connectivity index (χ1n) is 6.18. The number of piperidine rings is 1. The molecule has 1 aromatic rings. The Morgan fingerprint density at radius 2 is 2.21 bits per heavy atom. The van der Waals surface area contributed by atoms with Crippen LogP contribution in [0, 0.1) is 5.92 Å². The SMILES string of the molecule is COc1cc(Br)ccc1C(=O)N1CCC(=O)C(C)C1. The molecule has 19 heavy (non-hydrogen) atoms. The van der Waals surface area contributed by atoms with Gasteiger partial charge in [-0.05, 0) is 18.2 Å². The predicted molar refractivity (Wildman–Crippen MR) is 75.4 cm³/mol. The summed E-state index contributed by atoms with van der Waals surface area (Å²) in [7, 11) is 1.54. The standard InChI is InChI=1S/C14H16BrNO3/c1-9-8-16(6-5-12(9)17)14(18)11-4-3-10(15)7-13(11)19-2/h3-4,7,9H,5-6,8H2,1-2H3. The highest BCUT2D eigenvalue weighted by Crippen LogP contribution is 2.26.